The molecule has 132 valence electrons. The van der Waals surface area contributed by atoms with E-state index in [0.717, 1.165) is 10.7 Å². The molecule has 0 spiro atoms. The van der Waals surface area contributed by atoms with Crippen LogP contribution in [-0.4, -0.2) is 59.8 Å². The van der Waals surface area contributed by atoms with Crippen LogP contribution in [0.1, 0.15) is 19.4 Å². The van der Waals surface area contributed by atoms with Gasteiger partial charge in [-0.2, -0.15) is 5.10 Å². The van der Waals surface area contributed by atoms with Crippen molar-refractivity contribution in [3.8, 4) is 0 Å². The second-order valence-electron chi connectivity index (χ2n) is 5.96. The number of tetrazole rings is 1. The minimum absolute atomic E-state index is 0.0655. The molecule has 0 bridgehead atoms. The number of hydrogen-bond acceptors (Lipinski definition) is 6. The van der Waals surface area contributed by atoms with Crippen molar-refractivity contribution >= 4 is 17.8 Å². The molecular formula is C14H24N8OS. The van der Waals surface area contributed by atoms with Crippen LogP contribution in [-0.2, 0) is 20.6 Å². The van der Waals surface area contributed by atoms with Gasteiger partial charge >= 0.3 is 6.03 Å². The molecule has 0 fully saturated rings. The van der Waals surface area contributed by atoms with Crippen LogP contribution in [0.25, 0.3) is 0 Å². The summed E-state index contributed by atoms with van der Waals surface area (Å²) in [5.74, 6) is 1.11. The van der Waals surface area contributed by atoms with Gasteiger partial charge in [0.05, 0.1) is 12.7 Å². The van der Waals surface area contributed by atoms with Gasteiger partial charge in [-0.05, 0) is 16.3 Å². The summed E-state index contributed by atoms with van der Waals surface area (Å²) in [6, 6.07) is -0.0655. The molecule has 0 radical (unpaired) electrons. The average Bonchev–Trinajstić information content (AvgIpc) is 3.11. The van der Waals surface area contributed by atoms with Gasteiger partial charge in [0.25, 0.3) is 0 Å². The molecule has 0 atom stereocenters. The fourth-order valence-electron chi connectivity index (χ4n) is 2.19. The monoisotopic (exact) mass is 352 g/mol. The van der Waals surface area contributed by atoms with E-state index in [1.165, 1.54) is 11.8 Å². The highest BCUT2D eigenvalue weighted by Gasteiger charge is 2.16. The van der Waals surface area contributed by atoms with Gasteiger partial charge in [-0.3, -0.25) is 4.68 Å². The van der Waals surface area contributed by atoms with Crippen LogP contribution in [0.5, 0.6) is 0 Å². The number of carbonyl (C=O) groups excluding carboxylic acids is 1. The minimum atomic E-state index is -0.0655. The number of carbonyl (C=O) groups is 1. The molecule has 2 rings (SSSR count). The van der Waals surface area contributed by atoms with Gasteiger partial charge in [0.15, 0.2) is 0 Å². The zero-order chi connectivity index (χ0) is 17.5. The Balaban J connectivity index is 1.82. The Hall–Kier alpha value is -2.10. The molecule has 0 saturated heterocycles. The number of aryl methyl sites for hydroxylation is 2. The first-order valence-electron chi connectivity index (χ1n) is 7.81. The first kappa shape index (κ1) is 18.2. The number of aromatic nitrogens is 6. The maximum Gasteiger partial charge on any atom is 0.317 e. The van der Waals surface area contributed by atoms with Crippen molar-refractivity contribution in [2.75, 3.05) is 18.8 Å². The van der Waals surface area contributed by atoms with Crippen LogP contribution in [0.3, 0.4) is 0 Å². The lowest BCUT2D eigenvalue weighted by Gasteiger charge is -2.24. The molecular weight excluding hydrogens is 328 g/mol. The quantitative estimate of drug-likeness (QED) is 0.560. The van der Waals surface area contributed by atoms with E-state index in [4.69, 9.17) is 0 Å². The number of hydrogen-bond donors (Lipinski definition) is 1. The summed E-state index contributed by atoms with van der Waals surface area (Å²) in [5.41, 5.74) is 1.02. The van der Waals surface area contributed by atoms with Gasteiger partial charge in [0, 0.05) is 44.7 Å². The lowest BCUT2D eigenvalue weighted by atomic mass is 10.2. The predicted octanol–water partition coefficient (Wildman–Crippen LogP) is 0.903. The van der Waals surface area contributed by atoms with Crippen molar-refractivity contribution in [2.45, 2.75) is 25.5 Å². The molecule has 1 N–H and O–H groups in total. The lowest BCUT2D eigenvalue weighted by Crippen LogP contribution is -2.42. The lowest BCUT2D eigenvalue weighted by molar-refractivity contribution is 0.188. The van der Waals surface area contributed by atoms with Crippen LogP contribution < -0.4 is 5.32 Å². The van der Waals surface area contributed by atoms with Gasteiger partial charge in [0.2, 0.25) is 5.16 Å². The summed E-state index contributed by atoms with van der Waals surface area (Å²) in [6.07, 6.45) is 3.72. The van der Waals surface area contributed by atoms with Gasteiger partial charge < -0.3 is 10.2 Å². The number of amides is 2. The summed E-state index contributed by atoms with van der Waals surface area (Å²) in [5, 5.41) is 19.1. The van der Waals surface area contributed by atoms with Crippen molar-refractivity contribution in [3.63, 3.8) is 0 Å². The molecule has 0 aliphatic heterocycles. The van der Waals surface area contributed by atoms with Crippen molar-refractivity contribution < 1.29 is 4.79 Å². The smallest absolute Gasteiger partial charge is 0.317 e. The molecule has 2 aromatic rings. The van der Waals surface area contributed by atoms with Crippen LogP contribution in [0.2, 0.25) is 0 Å². The van der Waals surface area contributed by atoms with Gasteiger partial charge in [-0.25, -0.2) is 9.48 Å². The van der Waals surface area contributed by atoms with E-state index in [1.54, 1.807) is 22.6 Å². The van der Waals surface area contributed by atoms with Crippen LogP contribution >= 0.6 is 11.8 Å². The predicted molar refractivity (Wildman–Crippen MR) is 91.4 cm³/mol. The van der Waals surface area contributed by atoms with E-state index >= 15 is 0 Å². The topological polar surface area (TPSA) is 93.8 Å². The van der Waals surface area contributed by atoms with Crippen LogP contribution in [0.15, 0.2) is 17.6 Å². The number of nitrogens with zero attached hydrogens (tertiary/aromatic N) is 7. The van der Waals surface area contributed by atoms with Crippen molar-refractivity contribution in [2.24, 2.45) is 20.0 Å². The van der Waals surface area contributed by atoms with E-state index in [9.17, 15) is 4.79 Å². The SMILES string of the molecule is CC(C)CN(Cc1cnn(C)c1)C(=O)NCCSc1nnnn1C. The normalized spacial score (nSPS) is 11.0. The van der Waals surface area contributed by atoms with E-state index in [0.29, 0.717) is 31.3 Å². The Morgan fingerprint density at radius 2 is 2.21 bits per heavy atom. The van der Waals surface area contributed by atoms with Crippen LogP contribution in [0.4, 0.5) is 4.79 Å². The Labute approximate surface area is 145 Å². The summed E-state index contributed by atoms with van der Waals surface area (Å²) in [6.45, 7) is 6.00. The van der Waals surface area contributed by atoms with E-state index in [2.05, 4.69) is 39.8 Å². The van der Waals surface area contributed by atoms with E-state index in [1.807, 2.05) is 18.1 Å². The molecule has 0 aliphatic rings. The Morgan fingerprint density at radius 1 is 1.42 bits per heavy atom. The molecule has 0 unspecified atom stereocenters. The molecule has 2 amide bonds. The molecule has 2 aromatic heterocycles. The third-order valence-electron chi connectivity index (χ3n) is 3.20. The standard InChI is InChI=1S/C14H24N8OS/c1-11(2)8-22(10-12-7-16-20(3)9-12)13(23)15-5-6-24-14-17-18-19-21(14)4/h7,9,11H,5-6,8,10H2,1-4H3,(H,15,23). The number of nitrogens with one attached hydrogen (secondary N) is 1. The number of rotatable bonds is 8. The third-order valence-corrected chi connectivity index (χ3v) is 4.21. The highest BCUT2D eigenvalue weighted by atomic mass is 32.2. The minimum Gasteiger partial charge on any atom is -0.337 e. The number of thioether (sulfide) groups is 1. The first-order chi connectivity index (χ1) is 11.5. The molecule has 10 heteroatoms. The van der Waals surface area contributed by atoms with Crippen LogP contribution in [0, 0.1) is 5.92 Å². The maximum atomic E-state index is 12.5. The Kier molecular flexibility index (Phi) is 6.59. The molecule has 9 nitrogen and oxygen atoms in total. The van der Waals surface area contributed by atoms with Gasteiger partial charge in [0.1, 0.15) is 0 Å². The summed E-state index contributed by atoms with van der Waals surface area (Å²) in [4.78, 5) is 14.3. The van der Waals surface area contributed by atoms with E-state index < -0.39 is 0 Å². The largest absolute Gasteiger partial charge is 0.337 e. The zero-order valence-electron chi connectivity index (χ0n) is 14.5. The van der Waals surface area contributed by atoms with Crippen molar-refractivity contribution in [1.82, 2.24) is 40.2 Å². The van der Waals surface area contributed by atoms with Gasteiger partial charge in [-0.15, -0.1) is 5.10 Å². The first-order valence-corrected chi connectivity index (χ1v) is 8.79. The molecule has 0 saturated carbocycles. The fraction of sp³-hybridized carbons (Fsp3) is 0.643. The second-order valence-corrected chi connectivity index (χ2v) is 7.02. The van der Waals surface area contributed by atoms with Crippen molar-refractivity contribution in [1.29, 1.82) is 0 Å². The summed E-state index contributed by atoms with van der Waals surface area (Å²) >= 11 is 1.51. The highest BCUT2D eigenvalue weighted by Crippen LogP contribution is 2.11. The van der Waals surface area contributed by atoms with E-state index in [-0.39, 0.29) is 6.03 Å². The Morgan fingerprint density at radius 3 is 2.79 bits per heavy atom. The zero-order valence-corrected chi connectivity index (χ0v) is 15.3. The number of urea groups is 1. The molecule has 2 heterocycles. The average molecular weight is 352 g/mol. The third kappa shape index (κ3) is 5.52. The second kappa shape index (κ2) is 8.67. The maximum absolute atomic E-state index is 12.5. The molecule has 0 aromatic carbocycles. The molecule has 0 aliphatic carbocycles. The fourth-order valence-corrected chi connectivity index (χ4v) is 2.89. The highest BCUT2D eigenvalue weighted by molar-refractivity contribution is 7.99. The summed E-state index contributed by atoms with van der Waals surface area (Å²) in [7, 11) is 3.66. The molecule has 24 heavy (non-hydrogen) atoms. The summed E-state index contributed by atoms with van der Waals surface area (Å²) < 4.78 is 3.35. The van der Waals surface area contributed by atoms with Gasteiger partial charge in [-0.1, -0.05) is 25.6 Å². The Bertz CT molecular complexity index is 653. The van der Waals surface area contributed by atoms with Crippen molar-refractivity contribution in [3.05, 3.63) is 18.0 Å².